The summed E-state index contributed by atoms with van der Waals surface area (Å²) < 4.78 is 24.4. The van der Waals surface area contributed by atoms with Gasteiger partial charge in [-0.3, -0.25) is 0 Å². The quantitative estimate of drug-likeness (QED) is 0.522. The number of ether oxygens (including phenoxy) is 4. The van der Waals surface area contributed by atoms with Gasteiger partial charge < -0.3 is 23.8 Å². The maximum atomic E-state index is 12.9. The molecule has 0 radical (unpaired) electrons. The molecule has 4 atom stereocenters. The highest BCUT2D eigenvalue weighted by molar-refractivity contribution is 5.68. The third kappa shape index (κ3) is 5.47. The first-order chi connectivity index (χ1) is 16.8. The lowest BCUT2D eigenvalue weighted by molar-refractivity contribution is -0.279. The van der Waals surface area contributed by atoms with Crippen molar-refractivity contribution in [2.75, 3.05) is 19.7 Å². The molecule has 2 heterocycles. The lowest BCUT2D eigenvalue weighted by Crippen LogP contribution is -2.59. The Morgan fingerprint density at radius 2 is 1.44 bits per heavy atom. The fourth-order valence-electron chi connectivity index (χ4n) is 4.50. The van der Waals surface area contributed by atoms with Gasteiger partial charge in [0.25, 0.3) is 0 Å². The first kappa shape index (κ1) is 22.6. The van der Waals surface area contributed by atoms with E-state index in [9.17, 15) is 4.79 Å². The van der Waals surface area contributed by atoms with Crippen LogP contribution < -0.4 is 0 Å². The van der Waals surface area contributed by atoms with Gasteiger partial charge in [-0.05, 0) is 11.1 Å². The van der Waals surface area contributed by atoms with Gasteiger partial charge in [0.05, 0.1) is 25.9 Å². The van der Waals surface area contributed by atoms with Crippen molar-refractivity contribution >= 4 is 6.09 Å². The number of piperidine rings is 1. The van der Waals surface area contributed by atoms with Crippen LogP contribution in [0.15, 0.2) is 91.0 Å². The molecule has 0 bridgehead atoms. The number of nitrogens with zero attached hydrogens (tertiary/aromatic N) is 1. The van der Waals surface area contributed by atoms with Crippen LogP contribution in [0.4, 0.5) is 4.79 Å². The molecule has 6 heteroatoms. The second-order valence-electron chi connectivity index (χ2n) is 8.72. The van der Waals surface area contributed by atoms with Gasteiger partial charge in [0.2, 0.25) is 0 Å². The minimum absolute atomic E-state index is 0.00115. The Bertz CT molecular complexity index is 1050. The maximum Gasteiger partial charge on any atom is 0.410 e. The van der Waals surface area contributed by atoms with Gasteiger partial charge >= 0.3 is 6.09 Å². The van der Waals surface area contributed by atoms with E-state index in [4.69, 9.17) is 18.9 Å². The molecule has 0 saturated carbocycles. The number of carbonyl (C=O) groups excluding carboxylic acids is 1. The van der Waals surface area contributed by atoms with E-state index in [1.54, 1.807) is 4.90 Å². The Morgan fingerprint density at radius 1 is 0.824 bits per heavy atom. The monoisotopic (exact) mass is 459 g/mol. The number of likely N-dealkylation sites (tertiary alicyclic amines) is 1. The van der Waals surface area contributed by atoms with Gasteiger partial charge in [-0.15, -0.1) is 0 Å². The molecule has 1 amide bonds. The van der Waals surface area contributed by atoms with E-state index in [1.807, 2.05) is 91.0 Å². The molecule has 3 aromatic carbocycles. The predicted octanol–water partition coefficient (Wildman–Crippen LogP) is 4.95. The number of hydrogen-bond donors (Lipinski definition) is 0. The van der Waals surface area contributed by atoms with Gasteiger partial charge in [-0.1, -0.05) is 91.0 Å². The third-order valence-corrected chi connectivity index (χ3v) is 6.27. The maximum absolute atomic E-state index is 12.9. The Morgan fingerprint density at radius 3 is 2.12 bits per heavy atom. The molecule has 3 aromatic rings. The second kappa shape index (κ2) is 10.8. The topological polar surface area (TPSA) is 57.2 Å². The Balaban J connectivity index is 1.28. The summed E-state index contributed by atoms with van der Waals surface area (Å²) in [6.07, 6.45) is -1.26. The summed E-state index contributed by atoms with van der Waals surface area (Å²) in [5, 5.41) is 0. The van der Waals surface area contributed by atoms with Gasteiger partial charge in [0.15, 0.2) is 6.29 Å². The van der Waals surface area contributed by atoms with E-state index in [1.165, 1.54) is 0 Å². The van der Waals surface area contributed by atoms with Crippen molar-refractivity contribution in [2.24, 2.45) is 5.92 Å². The van der Waals surface area contributed by atoms with Crippen LogP contribution in [0.2, 0.25) is 0 Å². The number of carbonyl (C=O) groups is 1. The lowest BCUT2D eigenvalue weighted by atomic mass is 9.91. The van der Waals surface area contributed by atoms with E-state index >= 15 is 0 Å². The molecule has 0 spiro atoms. The average molecular weight is 460 g/mol. The van der Waals surface area contributed by atoms with Gasteiger partial charge in [0.1, 0.15) is 12.7 Å². The summed E-state index contributed by atoms with van der Waals surface area (Å²) >= 11 is 0. The largest absolute Gasteiger partial charge is 0.445 e. The van der Waals surface area contributed by atoms with E-state index in [2.05, 4.69) is 0 Å². The molecule has 5 rings (SSSR count). The smallest absolute Gasteiger partial charge is 0.410 e. The normalized spacial score (nSPS) is 24.3. The molecule has 2 aliphatic heterocycles. The molecule has 2 aliphatic rings. The zero-order chi connectivity index (χ0) is 23.2. The number of hydrogen-bond acceptors (Lipinski definition) is 5. The van der Waals surface area contributed by atoms with E-state index in [-0.39, 0.29) is 30.8 Å². The van der Waals surface area contributed by atoms with Crippen LogP contribution in [0.3, 0.4) is 0 Å². The van der Waals surface area contributed by atoms with Gasteiger partial charge in [-0.25, -0.2) is 4.79 Å². The molecule has 34 heavy (non-hydrogen) atoms. The highest BCUT2D eigenvalue weighted by Crippen LogP contribution is 2.35. The van der Waals surface area contributed by atoms with Crippen molar-refractivity contribution in [1.82, 2.24) is 4.90 Å². The summed E-state index contributed by atoms with van der Waals surface area (Å²) in [6, 6.07) is 29.6. The van der Waals surface area contributed by atoms with Gasteiger partial charge in [0, 0.05) is 18.0 Å². The molecule has 6 nitrogen and oxygen atoms in total. The van der Waals surface area contributed by atoms with Crippen LogP contribution >= 0.6 is 0 Å². The first-order valence-corrected chi connectivity index (χ1v) is 11.7. The van der Waals surface area contributed by atoms with E-state index < -0.39 is 6.29 Å². The summed E-state index contributed by atoms with van der Waals surface area (Å²) in [6.45, 7) is 2.08. The molecular weight excluding hydrogens is 430 g/mol. The average Bonchev–Trinajstić information content (AvgIpc) is 2.91. The fraction of sp³-hybridized carbons (Fsp3) is 0.321. The van der Waals surface area contributed by atoms with E-state index in [0.717, 1.165) is 16.7 Å². The van der Waals surface area contributed by atoms with Crippen molar-refractivity contribution in [3.8, 4) is 0 Å². The van der Waals surface area contributed by atoms with Crippen LogP contribution in [0, 0.1) is 5.92 Å². The van der Waals surface area contributed by atoms with Crippen LogP contribution in [0.25, 0.3) is 0 Å². The molecule has 0 aliphatic carbocycles. The van der Waals surface area contributed by atoms with Crippen LogP contribution in [-0.2, 0) is 32.2 Å². The Labute approximate surface area is 200 Å². The summed E-state index contributed by atoms with van der Waals surface area (Å²) in [7, 11) is 0. The van der Waals surface area contributed by atoms with Crippen molar-refractivity contribution < 1.29 is 23.7 Å². The fourth-order valence-corrected chi connectivity index (χ4v) is 4.50. The number of rotatable bonds is 6. The standard InChI is InChI=1S/C28H29NO5/c30-28(33-19-22-12-6-2-7-13-22)29-16-24-20-32-27(23-14-8-3-9-15-23)34-26(24)25(17-29)31-18-21-10-4-1-5-11-21/h1-15,24-27H,16-20H2. The van der Waals surface area contributed by atoms with Gasteiger partial charge in [-0.2, -0.15) is 0 Å². The lowest BCUT2D eigenvalue weighted by Gasteiger charge is -2.46. The number of benzene rings is 3. The van der Waals surface area contributed by atoms with Crippen LogP contribution in [0.1, 0.15) is 23.0 Å². The highest BCUT2D eigenvalue weighted by atomic mass is 16.7. The van der Waals surface area contributed by atoms with Crippen molar-refractivity contribution in [1.29, 1.82) is 0 Å². The minimum Gasteiger partial charge on any atom is -0.445 e. The summed E-state index contributed by atoms with van der Waals surface area (Å²) in [5.41, 5.74) is 3.01. The molecule has 0 N–H and O–H groups in total. The van der Waals surface area contributed by atoms with Crippen LogP contribution in [-0.4, -0.2) is 42.9 Å². The highest BCUT2D eigenvalue weighted by Gasteiger charge is 2.45. The summed E-state index contributed by atoms with van der Waals surface area (Å²) in [5.74, 6) is -0.00115. The van der Waals surface area contributed by atoms with Crippen molar-refractivity contribution in [3.05, 3.63) is 108 Å². The second-order valence-corrected chi connectivity index (χ2v) is 8.72. The zero-order valence-corrected chi connectivity index (χ0v) is 19.0. The Kier molecular flexibility index (Phi) is 7.19. The molecule has 2 saturated heterocycles. The van der Waals surface area contributed by atoms with E-state index in [0.29, 0.717) is 26.3 Å². The molecule has 0 aromatic heterocycles. The summed E-state index contributed by atoms with van der Waals surface area (Å²) in [4.78, 5) is 14.6. The number of amides is 1. The third-order valence-electron chi connectivity index (χ3n) is 6.27. The molecule has 4 unspecified atom stereocenters. The SMILES string of the molecule is O=C(OCc1ccccc1)N1CC2COC(c3ccccc3)OC2C(OCc2ccccc2)C1. The zero-order valence-electron chi connectivity index (χ0n) is 19.0. The minimum atomic E-state index is -0.443. The Hall–Kier alpha value is -3.19. The predicted molar refractivity (Wildman–Crippen MR) is 127 cm³/mol. The van der Waals surface area contributed by atoms with Crippen molar-refractivity contribution in [3.63, 3.8) is 0 Å². The first-order valence-electron chi connectivity index (χ1n) is 11.7. The van der Waals surface area contributed by atoms with Crippen LogP contribution in [0.5, 0.6) is 0 Å². The van der Waals surface area contributed by atoms with Crippen molar-refractivity contribution in [2.45, 2.75) is 31.7 Å². The molecule has 2 fully saturated rings. The number of fused-ring (bicyclic) bond motifs is 1. The molecular formula is C28H29NO5. The molecule has 176 valence electrons.